The predicted molar refractivity (Wildman–Crippen MR) is 109 cm³/mol. The van der Waals surface area contributed by atoms with Crippen LogP contribution in [0.2, 0.25) is 0 Å². The molecule has 0 spiro atoms. The molecule has 1 fully saturated rings. The van der Waals surface area contributed by atoms with E-state index in [4.69, 9.17) is 16.2 Å². The maximum atomic E-state index is 14.0. The van der Waals surface area contributed by atoms with Crippen molar-refractivity contribution >= 4 is 29.0 Å². The molecule has 1 heterocycles. The normalized spacial score (nSPS) is 20.7. The number of nitrogens with zero attached hydrogens (tertiary/aromatic N) is 1. The summed E-state index contributed by atoms with van der Waals surface area (Å²) in [6.07, 6.45) is 0.601. The Morgan fingerprint density at radius 1 is 1.34 bits per heavy atom. The van der Waals surface area contributed by atoms with Crippen LogP contribution >= 0.6 is 0 Å². The fraction of sp³-hybridized carbons (Fsp3) is 0.400. The number of nitrogens with two attached hydrogens (primary N) is 2. The zero-order valence-electron chi connectivity index (χ0n) is 16.3. The number of methoxy groups -OCH3 is 1. The van der Waals surface area contributed by atoms with E-state index in [1.807, 2.05) is 31.2 Å². The van der Waals surface area contributed by atoms with E-state index in [0.717, 1.165) is 5.56 Å². The topological polar surface area (TPSA) is 115 Å². The van der Waals surface area contributed by atoms with Gasteiger partial charge in [-0.2, -0.15) is 0 Å². The number of nitrogen functional groups attached to an aromatic ring is 1. The van der Waals surface area contributed by atoms with Gasteiger partial charge >= 0.3 is 5.97 Å². The first-order valence-electron chi connectivity index (χ1n) is 9.33. The molecule has 1 aromatic heterocycles. The van der Waals surface area contributed by atoms with Crippen molar-refractivity contribution in [1.82, 2.24) is 4.98 Å². The lowest BCUT2D eigenvalue weighted by atomic mass is 9.87. The molecule has 1 aliphatic carbocycles. The van der Waals surface area contributed by atoms with Crippen LogP contribution in [0.5, 0.6) is 0 Å². The molecule has 6 N–H and O–H groups in total. The number of nitrogens with one attached hydrogen (secondary N) is 2. The van der Waals surface area contributed by atoms with Gasteiger partial charge in [0.25, 0.3) is 5.92 Å². The lowest BCUT2D eigenvalue weighted by molar-refractivity contribution is -0.0554. The summed E-state index contributed by atoms with van der Waals surface area (Å²) < 4.78 is 32.7. The molecule has 0 aliphatic heterocycles. The van der Waals surface area contributed by atoms with E-state index in [-0.39, 0.29) is 29.3 Å². The Balaban J connectivity index is 1.95. The maximum absolute atomic E-state index is 14.0. The Labute approximate surface area is 167 Å². The highest BCUT2D eigenvalue weighted by atomic mass is 19.3. The number of carbonyl (C=O) groups is 1. The number of esters is 1. The molecule has 2 atom stereocenters. The molecule has 0 saturated heterocycles. The van der Waals surface area contributed by atoms with Crippen LogP contribution in [0.3, 0.4) is 0 Å². The molecule has 2 unspecified atom stereocenters. The average molecular weight is 405 g/mol. The van der Waals surface area contributed by atoms with Crippen molar-refractivity contribution in [3.8, 4) is 0 Å². The molecule has 0 bridgehead atoms. The number of halogens is 2. The van der Waals surface area contributed by atoms with Gasteiger partial charge in [0.2, 0.25) is 0 Å². The molecule has 1 saturated carbocycles. The number of alkyl halides is 2. The highest BCUT2D eigenvalue weighted by Gasteiger charge is 2.44. The smallest absolute Gasteiger partial charge is 0.343 e. The Morgan fingerprint density at radius 3 is 2.79 bits per heavy atom. The van der Waals surface area contributed by atoms with E-state index < -0.39 is 24.0 Å². The summed E-state index contributed by atoms with van der Waals surface area (Å²) in [5.41, 5.74) is 13.7. The van der Waals surface area contributed by atoms with Gasteiger partial charge in [-0.3, -0.25) is 0 Å². The number of benzene rings is 1. The van der Waals surface area contributed by atoms with Crippen molar-refractivity contribution in [2.24, 2.45) is 5.73 Å². The Morgan fingerprint density at radius 2 is 2.10 bits per heavy atom. The van der Waals surface area contributed by atoms with Crippen molar-refractivity contribution in [3.05, 3.63) is 41.5 Å². The second-order valence-corrected chi connectivity index (χ2v) is 7.24. The average Bonchev–Trinajstić information content (AvgIpc) is 2.65. The third-order valence-electron chi connectivity index (χ3n) is 5.00. The summed E-state index contributed by atoms with van der Waals surface area (Å²) in [6.45, 7) is 1.93. The van der Waals surface area contributed by atoms with Crippen molar-refractivity contribution in [1.29, 1.82) is 0 Å². The molecule has 29 heavy (non-hydrogen) atoms. The van der Waals surface area contributed by atoms with Gasteiger partial charge in [-0.05, 0) is 37.5 Å². The van der Waals surface area contributed by atoms with Crippen molar-refractivity contribution in [2.45, 2.75) is 44.2 Å². The first-order chi connectivity index (χ1) is 13.7. The van der Waals surface area contributed by atoms with Crippen LogP contribution in [0.1, 0.15) is 35.2 Å². The predicted octanol–water partition coefficient (Wildman–Crippen LogP) is 3.43. The van der Waals surface area contributed by atoms with Crippen molar-refractivity contribution in [2.75, 3.05) is 23.5 Å². The Bertz CT molecular complexity index is 906. The fourth-order valence-corrected chi connectivity index (χ4v) is 3.46. The van der Waals surface area contributed by atoms with Gasteiger partial charge in [-0.25, -0.2) is 18.6 Å². The van der Waals surface area contributed by atoms with Crippen molar-refractivity contribution < 1.29 is 18.3 Å². The Kier molecular flexibility index (Phi) is 5.88. The minimum Gasteiger partial charge on any atom is -0.465 e. The summed E-state index contributed by atoms with van der Waals surface area (Å²) in [5.74, 6) is -3.18. The number of ether oxygens (including phenoxy) is 1. The van der Waals surface area contributed by atoms with E-state index >= 15 is 0 Å². The standard InChI is InChI=1S/C20H25F2N5O2/c1-11-5-3-6-12(9-11)25-18-16(19(28)29-2)13(23)10-15(27-18)26-14-7-4-8-20(21,22)17(14)24/h3,5-6,9-10,14,17H,4,7-8,24H2,1-2H3,(H4,23,25,26,27). The van der Waals surface area contributed by atoms with E-state index in [9.17, 15) is 13.6 Å². The molecule has 3 rings (SSSR count). The van der Waals surface area contributed by atoms with Crippen LogP contribution in [0.4, 0.5) is 31.8 Å². The number of carbonyl (C=O) groups excluding carboxylic acids is 1. The van der Waals surface area contributed by atoms with Gasteiger partial charge in [0.1, 0.15) is 17.2 Å². The molecule has 0 radical (unpaired) electrons. The zero-order valence-corrected chi connectivity index (χ0v) is 16.3. The zero-order chi connectivity index (χ0) is 21.2. The number of hydrogen-bond donors (Lipinski definition) is 4. The highest BCUT2D eigenvalue weighted by Crippen LogP contribution is 2.35. The van der Waals surface area contributed by atoms with Gasteiger partial charge in [-0.1, -0.05) is 12.1 Å². The number of rotatable bonds is 5. The van der Waals surface area contributed by atoms with Gasteiger partial charge < -0.3 is 26.8 Å². The van der Waals surface area contributed by atoms with Crippen molar-refractivity contribution in [3.63, 3.8) is 0 Å². The van der Waals surface area contributed by atoms with Gasteiger partial charge in [0.05, 0.1) is 18.8 Å². The van der Waals surface area contributed by atoms with Gasteiger partial charge in [0.15, 0.2) is 0 Å². The number of hydrogen-bond acceptors (Lipinski definition) is 7. The molecule has 156 valence electrons. The first-order valence-corrected chi connectivity index (χ1v) is 9.33. The lowest BCUT2D eigenvalue weighted by Gasteiger charge is -2.36. The van der Waals surface area contributed by atoms with E-state index in [1.165, 1.54) is 13.2 Å². The molecule has 1 aliphatic rings. The highest BCUT2D eigenvalue weighted by molar-refractivity contribution is 6.01. The van der Waals surface area contributed by atoms with Crippen LogP contribution in [-0.2, 0) is 4.74 Å². The van der Waals surface area contributed by atoms with E-state index in [1.54, 1.807) is 0 Å². The summed E-state index contributed by atoms with van der Waals surface area (Å²) >= 11 is 0. The molecule has 1 aromatic carbocycles. The largest absolute Gasteiger partial charge is 0.465 e. The van der Waals surface area contributed by atoms with Gasteiger partial charge in [-0.15, -0.1) is 0 Å². The monoisotopic (exact) mass is 405 g/mol. The molecule has 7 nitrogen and oxygen atoms in total. The molecular formula is C20H25F2N5O2. The lowest BCUT2D eigenvalue weighted by Crippen LogP contribution is -2.55. The van der Waals surface area contributed by atoms with Crippen LogP contribution in [0.15, 0.2) is 30.3 Å². The van der Waals surface area contributed by atoms with Crippen LogP contribution in [0.25, 0.3) is 0 Å². The number of anilines is 4. The van der Waals surface area contributed by atoms with Crippen LogP contribution in [-0.4, -0.2) is 36.1 Å². The summed E-state index contributed by atoms with van der Waals surface area (Å²) in [4.78, 5) is 16.6. The Hall–Kier alpha value is -2.94. The number of pyridine rings is 1. The third-order valence-corrected chi connectivity index (χ3v) is 5.00. The summed E-state index contributed by atoms with van der Waals surface area (Å²) in [7, 11) is 1.24. The molecular weight excluding hydrogens is 380 g/mol. The number of aromatic nitrogens is 1. The second kappa shape index (κ2) is 8.20. The second-order valence-electron chi connectivity index (χ2n) is 7.24. The maximum Gasteiger partial charge on any atom is 0.343 e. The molecule has 9 heteroatoms. The minimum absolute atomic E-state index is 0.0674. The fourth-order valence-electron chi connectivity index (χ4n) is 3.46. The molecule has 2 aromatic rings. The van der Waals surface area contributed by atoms with E-state index in [0.29, 0.717) is 18.5 Å². The summed E-state index contributed by atoms with van der Waals surface area (Å²) in [5, 5.41) is 6.02. The quantitative estimate of drug-likeness (QED) is 0.563. The minimum atomic E-state index is -2.95. The summed E-state index contributed by atoms with van der Waals surface area (Å²) in [6, 6.07) is 6.88. The molecule has 0 amide bonds. The first kappa shape index (κ1) is 20.8. The SMILES string of the molecule is COC(=O)c1c(N)cc(NC2CCCC(F)(F)C2N)nc1Nc1cccc(C)c1. The van der Waals surface area contributed by atoms with Crippen LogP contribution < -0.4 is 22.1 Å². The van der Waals surface area contributed by atoms with Crippen LogP contribution in [0, 0.1) is 6.92 Å². The van der Waals surface area contributed by atoms with E-state index in [2.05, 4.69) is 15.6 Å². The number of aryl methyl sites for hydroxylation is 1. The van der Waals surface area contributed by atoms with Gasteiger partial charge in [0, 0.05) is 24.2 Å². The third kappa shape index (κ3) is 4.56.